The molecular weight excluding hydrogens is 317 g/mol. The van der Waals surface area contributed by atoms with E-state index in [0.717, 1.165) is 29.4 Å². The minimum absolute atomic E-state index is 0.0942. The second-order valence-corrected chi connectivity index (χ2v) is 4.83. The molecule has 4 nitrogen and oxygen atoms in total. The molecule has 2 rings (SSSR count). The van der Waals surface area contributed by atoms with Gasteiger partial charge in [-0.25, -0.2) is 13.6 Å². The number of aromatic nitrogens is 1. The average molecular weight is 326 g/mol. The first-order chi connectivity index (χ1) is 10.5. The summed E-state index contributed by atoms with van der Waals surface area (Å²) in [6.07, 6.45) is 1.01. The molecule has 1 aromatic heterocycles. The zero-order valence-corrected chi connectivity index (χ0v) is 12.3. The van der Waals surface area contributed by atoms with Crippen molar-refractivity contribution >= 4 is 18.3 Å². The van der Waals surface area contributed by atoms with Gasteiger partial charge in [0.15, 0.2) is 12.3 Å². The number of hydrogen-bond donors (Lipinski definition) is 0. The third-order valence-corrected chi connectivity index (χ3v) is 3.59. The maximum absolute atomic E-state index is 14.2. The maximum Gasteiger partial charge on any atom is 0.340 e. The largest absolute Gasteiger partial charge is 0.465 e. The highest BCUT2D eigenvalue weighted by Gasteiger charge is 2.27. The van der Waals surface area contributed by atoms with E-state index in [4.69, 9.17) is 0 Å². The third kappa shape index (κ3) is 2.44. The number of carbonyl (C=O) groups excluding carboxylic acids is 1. The number of rotatable bonds is 3. The molecular formula is C14H9F3N2O2S. The highest BCUT2D eigenvalue weighted by atomic mass is 32.2. The van der Waals surface area contributed by atoms with Crippen molar-refractivity contribution in [1.29, 1.82) is 5.26 Å². The Morgan fingerprint density at radius 3 is 2.50 bits per heavy atom. The van der Waals surface area contributed by atoms with Crippen molar-refractivity contribution in [3.63, 3.8) is 0 Å². The number of methoxy groups -OCH3 is 1. The van der Waals surface area contributed by atoms with Crippen LogP contribution in [0.2, 0.25) is 0 Å². The van der Waals surface area contributed by atoms with Gasteiger partial charge in [-0.3, -0.25) is 3.97 Å². The molecule has 114 valence electrons. The average Bonchev–Trinajstić information content (AvgIpc) is 2.89. The van der Waals surface area contributed by atoms with Crippen molar-refractivity contribution in [3.8, 4) is 17.2 Å². The van der Waals surface area contributed by atoms with Crippen LogP contribution in [-0.2, 0) is 4.74 Å². The van der Waals surface area contributed by atoms with Crippen molar-refractivity contribution < 1.29 is 22.2 Å². The fourth-order valence-electron chi connectivity index (χ4n) is 2.12. The lowest BCUT2D eigenvalue weighted by Gasteiger charge is -2.09. The molecule has 0 aliphatic rings. The zero-order chi connectivity index (χ0) is 16.4. The van der Waals surface area contributed by atoms with Gasteiger partial charge < -0.3 is 4.74 Å². The molecule has 8 heteroatoms. The van der Waals surface area contributed by atoms with Gasteiger partial charge in [0.1, 0.15) is 23.4 Å². The number of ether oxygens (including phenoxy) is 1. The second kappa shape index (κ2) is 6.15. The topological polar surface area (TPSA) is 55.0 Å². The number of hydrogen-bond acceptors (Lipinski definition) is 4. The lowest BCUT2D eigenvalue weighted by Crippen LogP contribution is -2.04. The minimum Gasteiger partial charge on any atom is -0.465 e. The molecule has 2 aromatic rings. The molecule has 1 aromatic carbocycles. The van der Waals surface area contributed by atoms with Crippen molar-refractivity contribution in [2.24, 2.45) is 0 Å². The van der Waals surface area contributed by atoms with E-state index < -0.39 is 17.6 Å². The number of nitrogens with zero attached hydrogens (tertiary/aromatic N) is 2. The number of halogens is 3. The van der Waals surface area contributed by atoms with Crippen molar-refractivity contribution in [2.75, 3.05) is 7.11 Å². The molecule has 0 saturated heterocycles. The van der Waals surface area contributed by atoms with Crippen LogP contribution in [0.25, 0.3) is 11.1 Å². The summed E-state index contributed by atoms with van der Waals surface area (Å²) in [4.78, 5) is 11.8. The standard InChI is InChI=1S/C14H9F3N2O2S/c1-7-9(15)3-4-10(16)12(7)13-8(14(20)21-2)6-19(22-17)11(13)5-18/h3-4,6H,1-2H3. The first-order valence-corrected chi connectivity index (χ1v) is 6.61. The Hall–Kier alpha value is -2.40. The van der Waals surface area contributed by atoms with Gasteiger partial charge >= 0.3 is 5.97 Å². The molecule has 0 atom stereocenters. The van der Waals surface area contributed by atoms with Gasteiger partial charge in [-0.1, -0.05) is 0 Å². The summed E-state index contributed by atoms with van der Waals surface area (Å²) in [5.41, 5.74) is -1.11. The van der Waals surface area contributed by atoms with Crippen LogP contribution in [0.1, 0.15) is 21.6 Å². The minimum atomic E-state index is -0.887. The fraction of sp³-hybridized carbons (Fsp3) is 0.143. The van der Waals surface area contributed by atoms with Crippen molar-refractivity contribution in [1.82, 2.24) is 3.97 Å². The summed E-state index contributed by atoms with van der Waals surface area (Å²) < 4.78 is 46.1. The van der Waals surface area contributed by atoms with Crippen LogP contribution in [0.4, 0.5) is 12.7 Å². The van der Waals surface area contributed by atoms with E-state index in [9.17, 15) is 22.7 Å². The van der Waals surface area contributed by atoms with Gasteiger partial charge in [0.05, 0.1) is 12.7 Å². The first kappa shape index (κ1) is 16.0. The summed E-state index contributed by atoms with van der Waals surface area (Å²) in [7, 11) is 1.09. The van der Waals surface area contributed by atoms with Crippen LogP contribution in [0.3, 0.4) is 0 Å². The summed E-state index contributed by atoms with van der Waals surface area (Å²) >= 11 is -0.336. The summed E-state index contributed by atoms with van der Waals surface area (Å²) in [6, 6.07) is 3.50. The fourth-order valence-corrected chi connectivity index (χ4v) is 2.47. The van der Waals surface area contributed by atoms with Crippen LogP contribution < -0.4 is 0 Å². The molecule has 22 heavy (non-hydrogen) atoms. The number of benzene rings is 1. The molecule has 0 amide bonds. The van der Waals surface area contributed by atoms with Gasteiger partial charge in [0, 0.05) is 17.3 Å². The highest BCUT2D eigenvalue weighted by molar-refractivity contribution is 7.92. The van der Waals surface area contributed by atoms with Crippen LogP contribution >= 0.6 is 12.3 Å². The van der Waals surface area contributed by atoms with Crippen LogP contribution in [0, 0.1) is 29.9 Å². The van der Waals surface area contributed by atoms with E-state index in [1.54, 1.807) is 6.07 Å². The Balaban J connectivity index is 2.91. The summed E-state index contributed by atoms with van der Waals surface area (Å²) in [5, 5.41) is 9.19. The molecule has 0 N–H and O–H groups in total. The van der Waals surface area contributed by atoms with Crippen molar-refractivity contribution in [3.05, 3.63) is 46.8 Å². The Bertz CT molecular complexity index is 796. The van der Waals surface area contributed by atoms with Crippen LogP contribution in [-0.4, -0.2) is 17.1 Å². The molecule has 0 aliphatic carbocycles. The van der Waals surface area contributed by atoms with Gasteiger partial charge in [0.25, 0.3) is 0 Å². The smallest absolute Gasteiger partial charge is 0.340 e. The predicted octanol–water partition coefficient (Wildman–Crippen LogP) is 3.78. The van der Waals surface area contributed by atoms with Gasteiger partial charge in [-0.05, 0) is 24.6 Å². The van der Waals surface area contributed by atoms with Gasteiger partial charge in [-0.2, -0.15) is 5.26 Å². The van der Waals surface area contributed by atoms with Crippen molar-refractivity contribution in [2.45, 2.75) is 6.92 Å². The lowest BCUT2D eigenvalue weighted by molar-refractivity contribution is 0.0601. The third-order valence-electron chi connectivity index (χ3n) is 3.16. The van der Waals surface area contributed by atoms with Crippen LogP contribution in [0.15, 0.2) is 18.3 Å². The predicted molar refractivity (Wildman–Crippen MR) is 74.7 cm³/mol. The first-order valence-electron chi connectivity index (χ1n) is 5.94. The number of carbonyl (C=O) groups is 1. The Kier molecular flexibility index (Phi) is 4.47. The van der Waals surface area contributed by atoms with E-state index in [2.05, 4.69) is 4.74 Å². The Morgan fingerprint density at radius 2 is 1.95 bits per heavy atom. The summed E-state index contributed by atoms with van der Waals surface area (Å²) in [6.45, 7) is 1.30. The molecule has 0 bridgehead atoms. The maximum atomic E-state index is 14.2. The molecule has 0 aliphatic heterocycles. The van der Waals surface area contributed by atoms with E-state index in [1.807, 2.05) is 0 Å². The molecule has 0 radical (unpaired) electrons. The molecule has 0 spiro atoms. The Labute approximate surface area is 128 Å². The Morgan fingerprint density at radius 1 is 1.32 bits per heavy atom. The highest BCUT2D eigenvalue weighted by Crippen LogP contribution is 2.36. The molecule has 0 unspecified atom stereocenters. The lowest BCUT2D eigenvalue weighted by atomic mass is 9.96. The molecule has 0 fully saturated rings. The molecule has 1 heterocycles. The van der Waals surface area contributed by atoms with E-state index in [1.165, 1.54) is 6.92 Å². The van der Waals surface area contributed by atoms with Gasteiger partial charge in [0.2, 0.25) is 0 Å². The van der Waals surface area contributed by atoms with E-state index in [-0.39, 0.29) is 40.3 Å². The zero-order valence-electron chi connectivity index (χ0n) is 11.5. The number of nitriles is 1. The summed E-state index contributed by atoms with van der Waals surface area (Å²) in [5.74, 6) is -2.43. The SMILES string of the molecule is COC(=O)c1cn(SF)c(C#N)c1-c1c(F)ccc(F)c1C. The number of esters is 1. The quantitative estimate of drug-likeness (QED) is 0.806. The van der Waals surface area contributed by atoms with Gasteiger partial charge in [-0.15, -0.1) is 3.89 Å². The van der Waals surface area contributed by atoms with Crippen LogP contribution in [0.5, 0.6) is 0 Å². The normalized spacial score (nSPS) is 10.4. The second-order valence-electron chi connectivity index (χ2n) is 4.29. The van der Waals surface area contributed by atoms with E-state index >= 15 is 0 Å². The van der Waals surface area contributed by atoms with E-state index in [0.29, 0.717) is 0 Å². The molecule has 0 saturated carbocycles. The monoisotopic (exact) mass is 326 g/mol.